The van der Waals surface area contributed by atoms with Gasteiger partial charge in [0.1, 0.15) is 0 Å². The molecule has 0 spiro atoms. The van der Waals surface area contributed by atoms with Crippen LogP contribution < -0.4 is 0 Å². The summed E-state index contributed by atoms with van der Waals surface area (Å²) in [6, 6.07) is 3.71. The summed E-state index contributed by atoms with van der Waals surface area (Å²) >= 11 is 3.33. The Kier molecular flexibility index (Phi) is 4.44. The van der Waals surface area contributed by atoms with E-state index in [0.717, 1.165) is 16.5 Å². The summed E-state index contributed by atoms with van der Waals surface area (Å²) in [7, 11) is 1.63. The molecule has 0 N–H and O–H groups in total. The molecule has 0 radical (unpaired) electrons. The fraction of sp³-hybridized carbons (Fsp3) is 0.308. The molecule has 0 saturated carbocycles. The molecule has 2 rings (SSSR count). The number of hydrogen-bond donors (Lipinski definition) is 0. The van der Waals surface area contributed by atoms with Gasteiger partial charge in [-0.3, -0.25) is 4.79 Å². The summed E-state index contributed by atoms with van der Waals surface area (Å²) in [6.07, 6.45) is 4.18. The van der Waals surface area contributed by atoms with Gasteiger partial charge >= 0.3 is 0 Å². The van der Waals surface area contributed by atoms with Crippen LogP contribution in [0.25, 0.3) is 5.82 Å². The Morgan fingerprint density at radius 2 is 2.32 bits per heavy atom. The van der Waals surface area contributed by atoms with Crippen molar-refractivity contribution in [3.05, 3.63) is 40.3 Å². The van der Waals surface area contributed by atoms with Crippen LogP contribution in [0.1, 0.15) is 28.9 Å². The van der Waals surface area contributed by atoms with Gasteiger partial charge in [0, 0.05) is 29.9 Å². The van der Waals surface area contributed by atoms with E-state index in [1.807, 2.05) is 19.1 Å². The first kappa shape index (κ1) is 13.9. The smallest absolute Gasteiger partial charge is 0.153 e. The molecule has 2 heterocycles. The van der Waals surface area contributed by atoms with Gasteiger partial charge in [0.2, 0.25) is 0 Å². The minimum absolute atomic E-state index is 0.0573. The molecular formula is C13H14BrN3O2. The first-order chi connectivity index (χ1) is 9.15. The largest absolute Gasteiger partial charge is 0.384 e. The van der Waals surface area contributed by atoms with Crippen LogP contribution in [0.5, 0.6) is 0 Å². The Bertz CT molecular complexity index is 566. The summed E-state index contributed by atoms with van der Waals surface area (Å²) in [6.45, 7) is 2.49. The van der Waals surface area contributed by atoms with Gasteiger partial charge in [-0.05, 0) is 28.1 Å². The lowest BCUT2D eigenvalue weighted by Gasteiger charge is -2.07. The zero-order chi connectivity index (χ0) is 13.8. The fourth-order valence-electron chi connectivity index (χ4n) is 1.82. The first-order valence-corrected chi connectivity index (χ1v) is 6.60. The van der Waals surface area contributed by atoms with Crippen molar-refractivity contribution in [2.45, 2.75) is 12.8 Å². The number of carbonyl (C=O) groups is 1. The lowest BCUT2D eigenvalue weighted by Crippen LogP contribution is -2.06. The molecule has 19 heavy (non-hydrogen) atoms. The SMILES string of the molecule is COCC(C)c1nn(-c2ccc(Br)cn2)cc1C=O. The van der Waals surface area contributed by atoms with Crippen LogP contribution in [-0.2, 0) is 4.74 Å². The van der Waals surface area contributed by atoms with Crippen LogP contribution >= 0.6 is 15.9 Å². The Morgan fingerprint density at radius 1 is 1.53 bits per heavy atom. The Morgan fingerprint density at radius 3 is 2.89 bits per heavy atom. The van der Waals surface area contributed by atoms with Gasteiger partial charge in [0.05, 0.1) is 17.9 Å². The van der Waals surface area contributed by atoms with Crippen LogP contribution in [0.2, 0.25) is 0 Å². The minimum atomic E-state index is 0.0573. The van der Waals surface area contributed by atoms with E-state index in [2.05, 4.69) is 26.0 Å². The highest BCUT2D eigenvalue weighted by Gasteiger charge is 2.16. The standard InChI is InChI=1S/C13H14BrN3O2/c1-9(8-19-2)13-10(7-18)6-17(16-13)12-4-3-11(14)5-15-12/h3-7,9H,8H2,1-2H3. The van der Waals surface area contributed by atoms with Gasteiger partial charge in [-0.15, -0.1) is 0 Å². The molecule has 0 aliphatic rings. The Labute approximate surface area is 119 Å². The maximum atomic E-state index is 11.1. The molecule has 0 amide bonds. The number of ether oxygens (including phenoxy) is 1. The molecule has 0 saturated heterocycles. The molecule has 0 bridgehead atoms. The molecule has 0 aromatic carbocycles. The topological polar surface area (TPSA) is 57.0 Å². The van der Waals surface area contributed by atoms with Crippen molar-refractivity contribution in [3.63, 3.8) is 0 Å². The highest BCUT2D eigenvalue weighted by molar-refractivity contribution is 9.10. The van der Waals surface area contributed by atoms with Gasteiger partial charge in [0.15, 0.2) is 12.1 Å². The molecule has 2 aromatic heterocycles. The molecule has 2 aromatic rings. The van der Waals surface area contributed by atoms with Gasteiger partial charge in [0.25, 0.3) is 0 Å². The number of nitrogens with zero attached hydrogens (tertiary/aromatic N) is 3. The van der Waals surface area contributed by atoms with Crippen molar-refractivity contribution in [2.24, 2.45) is 0 Å². The molecule has 1 unspecified atom stereocenters. The van der Waals surface area contributed by atoms with Gasteiger partial charge in [-0.1, -0.05) is 6.92 Å². The van der Waals surface area contributed by atoms with Crippen LogP contribution in [0.4, 0.5) is 0 Å². The van der Waals surface area contributed by atoms with E-state index in [-0.39, 0.29) is 5.92 Å². The van der Waals surface area contributed by atoms with Crippen LogP contribution in [0, 0.1) is 0 Å². The van der Waals surface area contributed by atoms with E-state index in [9.17, 15) is 4.79 Å². The molecule has 0 fully saturated rings. The average Bonchev–Trinajstić information content (AvgIpc) is 2.84. The van der Waals surface area contributed by atoms with Gasteiger partial charge in [-0.2, -0.15) is 5.10 Å². The van der Waals surface area contributed by atoms with Crippen molar-refractivity contribution in [1.82, 2.24) is 14.8 Å². The van der Waals surface area contributed by atoms with Crippen molar-refractivity contribution < 1.29 is 9.53 Å². The zero-order valence-corrected chi connectivity index (χ0v) is 12.3. The number of halogens is 1. The number of pyridine rings is 1. The van der Waals surface area contributed by atoms with Crippen molar-refractivity contribution >= 4 is 22.2 Å². The highest BCUT2D eigenvalue weighted by Crippen LogP contribution is 2.19. The summed E-state index contributed by atoms with van der Waals surface area (Å²) in [5.74, 6) is 0.726. The summed E-state index contributed by atoms with van der Waals surface area (Å²) in [5.41, 5.74) is 1.29. The minimum Gasteiger partial charge on any atom is -0.384 e. The monoisotopic (exact) mass is 323 g/mol. The zero-order valence-electron chi connectivity index (χ0n) is 10.7. The number of aldehydes is 1. The molecule has 0 aliphatic heterocycles. The van der Waals surface area contributed by atoms with E-state index in [1.54, 1.807) is 24.2 Å². The molecule has 6 heteroatoms. The third-order valence-corrected chi connectivity index (χ3v) is 3.20. The van der Waals surface area contributed by atoms with Crippen LogP contribution in [0.15, 0.2) is 29.0 Å². The van der Waals surface area contributed by atoms with E-state index in [0.29, 0.717) is 18.0 Å². The van der Waals surface area contributed by atoms with E-state index >= 15 is 0 Å². The quantitative estimate of drug-likeness (QED) is 0.793. The number of aromatic nitrogens is 3. The van der Waals surface area contributed by atoms with Crippen molar-refractivity contribution in [1.29, 1.82) is 0 Å². The Hall–Kier alpha value is -1.53. The maximum absolute atomic E-state index is 11.1. The second kappa shape index (κ2) is 6.08. The summed E-state index contributed by atoms with van der Waals surface area (Å²) in [4.78, 5) is 15.4. The highest BCUT2D eigenvalue weighted by atomic mass is 79.9. The fourth-order valence-corrected chi connectivity index (χ4v) is 2.06. The van der Waals surface area contributed by atoms with E-state index in [4.69, 9.17) is 4.74 Å². The third-order valence-electron chi connectivity index (χ3n) is 2.73. The predicted molar refractivity (Wildman–Crippen MR) is 74.7 cm³/mol. The normalized spacial score (nSPS) is 12.4. The second-order valence-electron chi connectivity index (χ2n) is 4.22. The molecular weight excluding hydrogens is 310 g/mol. The average molecular weight is 324 g/mol. The van der Waals surface area contributed by atoms with E-state index < -0.39 is 0 Å². The third kappa shape index (κ3) is 3.08. The lowest BCUT2D eigenvalue weighted by atomic mass is 10.1. The second-order valence-corrected chi connectivity index (χ2v) is 5.14. The first-order valence-electron chi connectivity index (χ1n) is 5.81. The number of methoxy groups -OCH3 is 1. The molecule has 0 aliphatic carbocycles. The van der Waals surface area contributed by atoms with Crippen molar-refractivity contribution in [2.75, 3.05) is 13.7 Å². The summed E-state index contributed by atoms with van der Waals surface area (Å²) < 4.78 is 7.61. The van der Waals surface area contributed by atoms with Crippen molar-refractivity contribution in [3.8, 4) is 5.82 Å². The summed E-state index contributed by atoms with van der Waals surface area (Å²) in [5, 5.41) is 4.43. The maximum Gasteiger partial charge on any atom is 0.153 e. The van der Waals surface area contributed by atoms with Crippen LogP contribution in [0.3, 0.4) is 0 Å². The molecule has 1 atom stereocenters. The Balaban J connectivity index is 2.38. The van der Waals surface area contributed by atoms with Gasteiger partial charge in [-0.25, -0.2) is 9.67 Å². The molecule has 100 valence electrons. The van der Waals surface area contributed by atoms with Gasteiger partial charge < -0.3 is 4.74 Å². The molecule has 5 nitrogen and oxygen atoms in total. The predicted octanol–water partition coefficient (Wildman–Crippen LogP) is 2.59. The van der Waals surface area contributed by atoms with Crippen LogP contribution in [-0.4, -0.2) is 34.8 Å². The number of hydrogen-bond acceptors (Lipinski definition) is 4. The lowest BCUT2D eigenvalue weighted by molar-refractivity contribution is 0.112. The van der Waals surface area contributed by atoms with E-state index in [1.165, 1.54) is 0 Å². The number of rotatable bonds is 5. The number of carbonyl (C=O) groups excluding carboxylic acids is 1.